The molecule has 1 amide bonds. The largest absolute Gasteiger partial charge is 0.459 e. The van der Waals surface area contributed by atoms with Crippen LogP contribution in [0, 0.1) is 29.1 Å². The summed E-state index contributed by atoms with van der Waals surface area (Å²) in [6.45, 7) is 4.44. The van der Waals surface area contributed by atoms with E-state index in [1.165, 1.54) is 7.11 Å². The molecule has 4 aromatic carbocycles. The highest BCUT2D eigenvalue weighted by Crippen LogP contribution is 2.62. The van der Waals surface area contributed by atoms with Crippen molar-refractivity contribution in [3.8, 4) is 34.4 Å². The molecule has 0 saturated heterocycles. The fraction of sp³-hybridized carbons (Fsp3) is 0.404. The Kier molecular flexibility index (Phi) is 16.0. The first-order valence-electron chi connectivity index (χ1n) is 22.3. The Bertz CT molecular complexity index is 2270. The fourth-order valence-corrected chi connectivity index (χ4v) is 9.89. The third-order valence-electron chi connectivity index (χ3n) is 12.7. The maximum absolute atomic E-state index is 15.0. The van der Waals surface area contributed by atoms with E-state index in [9.17, 15) is 25.4 Å². The first kappa shape index (κ1) is 46.2. The smallest absolute Gasteiger partial charge is 0.254 e. The van der Waals surface area contributed by atoms with Crippen molar-refractivity contribution in [2.45, 2.75) is 62.7 Å². The predicted octanol–water partition coefficient (Wildman–Crippen LogP) is 8.43. The number of nitriles is 1. The van der Waals surface area contributed by atoms with Crippen LogP contribution < -0.4 is 9.47 Å². The highest BCUT2D eigenvalue weighted by atomic mass is 16.7. The monoisotopic (exact) mass is 869 g/mol. The zero-order valence-electron chi connectivity index (χ0n) is 36.5. The lowest BCUT2D eigenvalue weighted by Gasteiger charge is -2.60. The minimum absolute atomic E-state index is 0.0202. The van der Waals surface area contributed by atoms with Crippen LogP contribution in [0.25, 0.3) is 11.1 Å². The lowest BCUT2D eigenvalue weighted by atomic mass is 9.55. The number of ether oxygens (including phenoxy) is 4. The van der Waals surface area contributed by atoms with E-state index in [1.54, 1.807) is 35.2 Å². The number of oxime groups is 1. The van der Waals surface area contributed by atoms with Gasteiger partial charge in [-0.3, -0.25) is 4.79 Å². The van der Waals surface area contributed by atoms with E-state index in [0.29, 0.717) is 46.9 Å². The van der Waals surface area contributed by atoms with Crippen LogP contribution in [0.1, 0.15) is 72.3 Å². The minimum Gasteiger partial charge on any atom is -0.459 e. The maximum atomic E-state index is 15.0. The Morgan fingerprint density at radius 1 is 0.906 bits per heavy atom. The zero-order valence-corrected chi connectivity index (χ0v) is 36.5. The van der Waals surface area contributed by atoms with Crippen molar-refractivity contribution in [3.05, 3.63) is 138 Å². The van der Waals surface area contributed by atoms with E-state index in [2.05, 4.69) is 42.1 Å². The molecule has 3 aliphatic rings. The number of benzene rings is 4. The molecular weight excluding hydrogens is 811 g/mol. The summed E-state index contributed by atoms with van der Waals surface area (Å²) in [5.74, 6) is -0.588. The molecule has 336 valence electrons. The molecule has 6 atom stereocenters. The van der Waals surface area contributed by atoms with E-state index in [-0.39, 0.29) is 76.3 Å². The van der Waals surface area contributed by atoms with Crippen molar-refractivity contribution >= 4 is 11.6 Å². The molecule has 1 saturated carbocycles. The average Bonchev–Trinajstić information content (AvgIpc) is 3.33. The van der Waals surface area contributed by atoms with Crippen LogP contribution in [0.5, 0.6) is 17.2 Å². The minimum atomic E-state index is -1.48. The van der Waals surface area contributed by atoms with Gasteiger partial charge < -0.3 is 44.0 Å². The summed E-state index contributed by atoms with van der Waals surface area (Å²) in [4.78, 5) is 22.3. The predicted molar refractivity (Wildman–Crippen MR) is 244 cm³/mol. The van der Waals surface area contributed by atoms with Gasteiger partial charge in [0.1, 0.15) is 30.4 Å². The van der Waals surface area contributed by atoms with E-state index < -0.39 is 17.7 Å². The summed E-state index contributed by atoms with van der Waals surface area (Å²) < 4.78 is 26.8. The quantitative estimate of drug-likeness (QED) is 0.0397. The van der Waals surface area contributed by atoms with Gasteiger partial charge in [-0.05, 0) is 109 Å². The molecule has 64 heavy (non-hydrogen) atoms. The molecular formula is C52H59N3O9. The normalized spacial score (nSPS) is 22.6. The van der Waals surface area contributed by atoms with Crippen LogP contribution in [0.3, 0.4) is 0 Å². The Balaban J connectivity index is 1.40. The van der Waals surface area contributed by atoms with Crippen molar-refractivity contribution < 1.29 is 43.9 Å². The standard InChI is InChI=1S/C52H59N3O9/c1-3-29-62-52-48(55(25-30-61-31-28-58)51(59)39-17-15-36(35-53)16-18-39)34-46(54-60-2)44-32-40(13-7-9-26-56)43(14-8-10-27-57)49(50(44)52)45-33-42(23-24-47(45)64-52)63-41-21-19-38(20-22-41)37-11-5-4-6-12-37/h3-6,11-12,15-24,32-33,40,43,48-50,56-58H,1,7-10,13-14,25-31,34H2,2H3/t40-,43+,48-,49+,50+,52+/m0/s1. The molecule has 0 radical (unpaired) electrons. The second-order valence-corrected chi connectivity index (χ2v) is 16.5. The number of hydrogen-bond acceptors (Lipinski definition) is 11. The van der Waals surface area contributed by atoms with E-state index >= 15 is 0 Å². The van der Waals surface area contributed by atoms with Crippen LogP contribution in [0.2, 0.25) is 0 Å². The Labute approximate surface area is 376 Å². The highest BCUT2D eigenvalue weighted by molar-refractivity contribution is 6.03. The number of hydrogen-bond donors (Lipinski definition) is 3. The molecule has 1 fully saturated rings. The summed E-state index contributed by atoms with van der Waals surface area (Å²) >= 11 is 0. The number of unbranched alkanes of at least 4 members (excludes halogenated alkanes) is 2. The lowest BCUT2D eigenvalue weighted by molar-refractivity contribution is -0.254. The zero-order chi connectivity index (χ0) is 44.9. The van der Waals surface area contributed by atoms with Crippen molar-refractivity contribution in [2.24, 2.45) is 22.9 Å². The number of amides is 1. The van der Waals surface area contributed by atoms with Crippen LogP contribution in [-0.4, -0.2) is 97.0 Å². The van der Waals surface area contributed by atoms with E-state index in [4.69, 9.17) is 23.8 Å². The molecule has 2 aliphatic carbocycles. The van der Waals surface area contributed by atoms with Crippen LogP contribution >= 0.6 is 0 Å². The molecule has 0 aromatic heterocycles. The van der Waals surface area contributed by atoms with Gasteiger partial charge in [-0.25, -0.2) is 0 Å². The summed E-state index contributed by atoms with van der Waals surface area (Å²) in [7, 11) is 1.51. The SMILES string of the molecule is C=CCO[C@@]12Oc3ccc(Oc4ccc(-c5ccccc5)cc4)cc3[C@H]3[C@H](CCCCO)[C@@H](CCCCO)C=C(C(=NOC)C[C@@H]1N(CCOCCO)C(=O)c1ccc(C#N)cc1)[C@H]32. The fourth-order valence-electron chi connectivity index (χ4n) is 9.89. The molecule has 12 heteroatoms. The highest BCUT2D eigenvalue weighted by Gasteiger charge is 2.65. The number of aliphatic hydroxyl groups excluding tert-OH is 3. The molecule has 0 spiro atoms. The molecule has 0 bridgehead atoms. The number of allylic oxidation sites excluding steroid dienone is 1. The van der Waals surface area contributed by atoms with Crippen LogP contribution in [0.15, 0.2) is 127 Å². The van der Waals surface area contributed by atoms with Crippen molar-refractivity contribution in [2.75, 3.05) is 53.3 Å². The van der Waals surface area contributed by atoms with Gasteiger partial charge in [0, 0.05) is 43.2 Å². The second-order valence-electron chi connectivity index (χ2n) is 16.5. The number of carbonyl (C=O) groups excluding carboxylic acids is 1. The van der Waals surface area contributed by atoms with Gasteiger partial charge in [-0.15, -0.1) is 6.58 Å². The molecule has 4 aromatic rings. The number of fused-ring (bicyclic) bond motifs is 2. The molecule has 3 N–H and O–H groups in total. The summed E-state index contributed by atoms with van der Waals surface area (Å²) in [6, 6.07) is 31.9. The summed E-state index contributed by atoms with van der Waals surface area (Å²) in [5, 5.41) is 43.7. The number of aliphatic hydroxyl groups is 3. The number of carbonyl (C=O) groups is 1. The van der Waals surface area contributed by atoms with Gasteiger partial charge in [0.25, 0.3) is 5.91 Å². The maximum Gasteiger partial charge on any atom is 0.254 e. The molecule has 0 unspecified atom stereocenters. The first-order chi connectivity index (χ1) is 31.4. The van der Waals surface area contributed by atoms with Gasteiger partial charge in [0.15, 0.2) is 0 Å². The van der Waals surface area contributed by atoms with Crippen LogP contribution in [-0.2, 0) is 14.3 Å². The van der Waals surface area contributed by atoms with Gasteiger partial charge in [-0.1, -0.05) is 72.6 Å². The van der Waals surface area contributed by atoms with Crippen molar-refractivity contribution in [3.63, 3.8) is 0 Å². The average molecular weight is 870 g/mol. The van der Waals surface area contributed by atoms with Crippen molar-refractivity contribution in [1.82, 2.24) is 4.90 Å². The lowest BCUT2D eigenvalue weighted by Crippen LogP contribution is -2.70. The van der Waals surface area contributed by atoms with E-state index in [0.717, 1.165) is 47.9 Å². The number of nitrogens with zero attached hydrogens (tertiary/aromatic N) is 3. The number of rotatable bonds is 22. The van der Waals surface area contributed by atoms with Crippen molar-refractivity contribution in [1.29, 1.82) is 5.26 Å². The van der Waals surface area contributed by atoms with Gasteiger partial charge in [0.2, 0.25) is 5.79 Å². The van der Waals surface area contributed by atoms with Crippen LogP contribution in [0.4, 0.5) is 0 Å². The Hall–Kier alpha value is -5.81. The van der Waals surface area contributed by atoms with Gasteiger partial charge >= 0.3 is 0 Å². The third kappa shape index (κ3) is 10.1. The van der Waals surface area contributed by atoms with E-state index in [1.807, 2.05) is 54.6 Å². The molecule has 1 aliphatic heterocycles. The third-order valence-corrected chi connectivity index (χ3v) is 12.7. The Morgan fingerprint density at radius 2 is 1.62 bits per heavy atom. The van der Waals surface area contributed by atoms with Gasteiger partial charge in [-0.2, -0.15) is 5.26 Å². The Morgan fingerprint density at radius 3 is 2.31 bits per heavy atom. The molecule has 7 rings (SSSR count). The topological polar surface area (TPSA) is 163 Å². The van der Waals surface area contributed by atoms with Gasteiger partial charge in [0.05, 0.1) is 49.7 Å². The summed E-state index contributed by atoms with van der Waals surface area (Å²) in [5.41, 5.74) is 5.49. The molecule has 1 heterocycles. The second kappa shape index (κ2) is 22.2. The molecule has 12 nitrogen and oxygen atoms in total. The summed E-state index contributed by atoms with van der Waals surface area (Å²) in [6.07, 6.45) is 8.65. The first-order valence-corrected chi connectivity index (χ1v) is 22.3.